The molecule has 1 amide bonds. The molecule has 0 saturated heterocycles. The summed E-state index contributed by atoms with van der Waals surface area (Å²) < 4.78 is 0. The van der Waals surface area contributed by atoms with Gasteiger partial charge in [-0.25, -0.2) is 9.97 Å². The SMILES string of the molecule is CC(C)c1ncc(N)c(C(=O)Nc2nnn(C)n2)n1. The standard InChI is InChI=1S/C10H14N8O/c1-5(2)8-12-4-6(11)7(13-8)9(19)14-10-15-17-18(3)16-10/h4-5H,11H2,1-3H3,(H,14,16,19). The van der Waals surface area contributed by atoms with Crippen molar-refractivity contribution in [2.24, 2.45) is 7.05 Å². The van der Waals surface area contributed by atoms with Crippen molar-refractivity contribution in [1.82, 2.24) is 30.2 Å². The molecule has 0 aliphatic carbocycles. The summed E-state index contributed by atoms with van der Waals surface area (Å²) in [5.74, 6) is 0.250. The minimum absolute atomic E-state index is 0.0941. The third-order valence-corrected chi connectivity index (χ3v) is 2.30. The van der Waals surface area contributed by atoms with Gasteiger partial charge in [0.05, 0.1) is 18.9 Å². The van der Waals surface area contributed by atoms with Gasteiger partial charge in [0, 0.05) is 5.92 Å². The normalized spacial score (nSPS) is 10.7. The quantitative estimate of drug-likeness (QED) is 0.794. The van der Waals surface area contributed by atoms with E-state index in [-0.39, 0.29) is 23.2 Å². The van der Waals surface area contributed by atoms with Crippen molar-refractivity contribution < 1.29 is 4.79 Å². The number of aryl methyl sites for hydroxylation is 1. The number of nitrogen functional groups attached to an aromatic ring is 1. The molecule has 0 bridgehead atoms. The molecule has 2 rings (SSSR count). The zero-order chi connectivity index (χ0) is 14.0. The maximum atomic E-state index is 12.0. The van der Waals surface area contributed by atoms with E-state index in [1.54, 1.807) is 7.05 Å². The molecule has 2 aromatic rings. The number of carbonyl (C=O) groups excluding carboxylic acids is 1. The highest BCUT2D eigenvalue weighted by atomic mass is 16.2. The lowest BCUT2D eigenvalue weighted by molar-refractivity contribution is 0.102. The van der Waals surface area contributed by atoms with Gasteiger partial charge in [-0.15, -0.1) is 5.10 Å². The predicted molar refractivity (Wildman–Crippen MR) is 67.3 cm³/mol. The summed E-state index contributed by atoms with van der Waals surface area (Å²) in [5.41, 5.74) is 6.00. The third-order valence-electron chi connectivity index (χ3n) is 2.30. The van der Waals surface area contributed by atoms with Gasteiger partial charge in [-0.2, -0.15) is 4.80 Å². The van der Waals surface area contributed by atoms with E-state index in [1.165, 1.54) is 11.0 Å². The van der Waals surface area contributed by atoms with Crippen LogP contribution in [0.1, 0.15) is 36.1 Å². The Balaban J connectivity index is 2.25. The molecular weight excluding hydrogens is 248 g/mol. The first-order valence-corrected chi connectivity index (χ1v) is 5.65. The molecule has 0 aliphatic heterocycles. The Labute approximate surface area is 109 Å². The lowest BCUT2D eigenvalue weighted by Gasteiger charge is -2.07. The molecule has 19 heavy (non-hydrogen) atoms. The van der Waals surface area contributed by atoms with Crippen molar-refractivity contribution >= 4 is 17.5 Å². The highest BCUT2D eigenvalue weighted by Crippen LogP contribution is 2.14. The first kappa shape index (κ1) is 12.9. The molecule has 0 radical (unpaired) electrons. The molecule has 9 heteroatoms. The number of carbonyl (C=O) groups is 1. The number of aromatic nitrogens is 6. The van der Waals surface area contributed by atoms with Gasteiger partial charge < -0.3 is 5.73 Å². The summed E-state index contributed by atoms with van der Waals surface area (Å²) in [4.78, 5) is 21.5. The topological polar surface area (TPSA) is 124 Å². The van der Waals surface area contributed by atoms with E-state index in [0.29, 0.717) is 5.82 Å². The van der Waals surface area contributed by atoms with Crippen molar-refractivity contribution in [3.8, 4) is 0 Å². The van der Waals surface area contributed by atoms with Gasteiger partial charge in [-0.3, -0.25) is 10.1 Å². The molecule has 3 N–H and O–H groups in total. The molecule has 2 heterocycles. The van der Waals surface area contributed by atoms with Crippen LogP contribution in [-0.4, -0.2) is 36.1 Å². The van der Waals surface area contributed by atoms with Gasteiger partial charge in [0.15, 0.2) is 5.69 Å². The molecule has 0 atom stereocenters. The summed E-state index contributed by atoms with van der Waals surface area (Å²) in [5, 5.41) is 13.6. The Morgan fingerprint density at radius 3 is 2.79 bits per heavy atom. The number of rotatable bonds is 3. The van der Waals surface area contributed by atoms with Crippen LogP contribution in [-0.2, 0) is 7.05 Å². The van der Waals surface area contributed by atoms with Crippen LogP contribution in [0.25, 0.3) is 0 Å². The van der Waals surface area contributed by atoms with Gasteiger partial charge in [0.2, 0.25) is 0 Å². The summed E-state index contributed by atoms with van der Waals surface area (Å²) >= 11 is 0. The number of tetrazole rings is 1. The second-order valence-corrected chi connectivity index (χ2v) is 4.24. The first-order valence-electron chi connectivity index (χ1n) is 5.65. The lowest BCUT2D eigenvalue weighted by atomic mass is 10.2. The first-order chi connectivity index (χ1) is 8.97. The van der Waals surface area contributed by atoms with Crippen LogP contribution >= 0.6 is 0 Å². The van der Waals surface area contributed by atoms with E-state index < -0.39 is 5.91 Å². The van der Waals surface area contributed by atoms with Gasteiger partial charge in [0.25, 0.3) is 11.9 Å². The number of hydrogen-bond donors (Lipinski definition) is 2. The molecule has 2 aromatic heterocycles. The number of nitrogens with one attached hydrogen (secondary N) is 1. The van der Waals surface area contributed by atoms with Crippen LogP contribution in [0, 0.1) is 0 Å². The van der Waals surface area contributed by atoms with Crippen LogP contribution in [0.2, 0.25) is 0 Å². The van der Waals surface area contributed by atoms with E-state index in [2.05, 4.69) is 30.7 Å². The highest BCUT2D eigenvalue weighted by molar-refractivity contribution is 6.05. The minimum Gasteiger partial charge on any atom is -0.396 e. The number of nitrogens with zero attached hydrogens (tertiary/aromatic N) is 6. The molecule has 0 aromatic carbocycles. The molecule has 0 spiro atoms. The second-order valence-electron chi connectivity index (χ2n) is 4.24. The molecule has 0 aliphatic rings. The van der Waals surface area contributed by atoms with Crippen LogP contribution < -0.4 is 11.1 Å². The van der Waals surface area contributed by atoms with Crippen LogP contribution in [0.5, 0.6) is 0 Å². The van der Waals surface area contributed by atoms with Crippen molar-refractivity contribution in [3.63, 3.8) is 0 Å². The van der Waals surface area contributed by atoms with Gasteiger partial charge in [0.1, 0.15) is 5.82 Å². The van der Waals surface area contributed by atoms with Gasteiger partial charge in [-0.1, -0.05) is 18.9 Å². The minimum atomic E-state index is -0.491. The Bertz CT molecular complexity index is 605. The average molecular weight is 262 g/mol. The van der Waals surface area contributed by atoms with Crippen molar-refractivity contribution in [2.45, 2.75) is 19.8 Å². The largest absolute Gasteiger partial charge is 0.396 e. The summed E-state index contributed by atoms with van der Waals surface area (Å²) in [7, 11) is 1.60. The highest BCUT2D eigenvalue weighted by Gasteiger charge is 2.16. The zero-order valence-electron chi connectivity index (χ0n) is 10.8. The predicted octanol–water partition coefficient (Wildman–Crippen LogP) is -0.0420. The van der Waals surface area contributed by atoms with E-state index >= 15 is 0 Å². The summed E-state index contributed by atoms with van der Waals surface area (Å²) in [6, 6.07) is 0. The molecule has 0 saturated carbocycles. The zero-order valence-corrected chi connectivity index (χ0v) is 10.8. The van der Waals surface area contributed by atoms with E-state index in [4.69, 9.17) is 5.73 Å². The van der Waals surface area contributed by atoms with Crippen LogP contribution in [0.3, 0.4) is 0 Å². The Morgan fingerprint density at radius 2 is 2.21 bits per heavy atom. The smallest absolute Gasteiger partial charge is 0.278 e. The van der Waals surface area contributed by atoms with Crippen molar-refractivity contribution in [2.75, 3.05) is 11.1 Å². The molecule has 9 nitrogen and oxygen atoms in total. The van der Waals surface area contributed by atoms with Crippen molar-refractivity contribution in [1.29, 1.82) is 0 Å². The Hall–Kier alpha value is -2.58. The molecule has 0 fully saturated rings. The summed E-state index contributed by atoms with van der Waals surface area (Å²) in [6.45, 7) is 3.86. The van der Waals surface area contributed by atoms with Crippen molar-refractivity contribution in [3.05, 3.63) is 17.7 Å². The van der Waals surface area contributed by atoms with Crippen LogP contribution in [0.4, 0.5) is 11.6 Å². The van der Waals surface area contributed by atoms with Gasteiger partial charge >= 0.3 is 0 Å². The third kappa shape index (κ3) is 2.81. The Kier molecular flexibility index (Phi) is 3.36. The second kappa shape index (κ2) is 4.96. The van der Waals surface area contributed by atoms with E-state index in [0.717, 1.165) is 0 Å². The number of nitrogens with two attached hydrogens (primary N) is 1. The Morgan fingerprint density at radius 1 is 1.47 bits per heavy atom. The lowest BCUT2D eigenvalue weighted by Crippen LogP contribution is -2.18. The fraction of sp³-hybridized carbons (Fsp3) is 0.400. The molecule has 100 valence electrons. The van der Waals surface area contributed by atoms with E-state index in [1.807, 2.05) is 13.8 Å². The molecule has 0 unspecified atom stereocenters. The van der Waals surface area contributed by atoms with Gasteiger partial charge in [-0.05, 0) is 5.21 Å². The number of amides is 1. The number of anilines is 2. The van der Waals surface area contributed by atoms with Crippen LogP contribution in [0.15, 0.2) is 6.20 Å². The number of hydrogen-bond acceptors (Lipinski definition) is 7. The maximum absolute atomic E-state index is 12.0. The van der Waals surface area contributed by atoms with E-state index in [9.17, 15) is 4.79 Å². The molecular formula is C10H14N8O. The fourth-order valence-electron chi connectivity index (χ4n) is 1.36. The fourth-order valence-corrected chi connectivity index (χ4v) is 1.36. The maximum Gasteiger partial charge on any atom is 0.278 e. The summed E-state index contributed by atoms with van der Waals surface area (Å²) in [6.07, 6.45) is 1.42. The monoisotopic (exact) mass is 262 g/mol. The average Bonchev–Trinajstić information content (AvgIpc) is 2.74.